The van der Waals surface area contributed by atoms with Gasteiger partial charge in [-0.15, -0.1) is 0 Å². The molecular formula is C32H39FN4O8. The normalized spacial score (nSPS) is 19.9. The summed E-state index contributed by atoms with van der Waals surface area (Å²) in [4.78, 5) is 68.9. The summed E-state index contributed by atoms with van der Waals surface area (Å²) >= 11 is 0. The van der Waals surface area contributed by atoms with E-state index in [2.05, 4.69) is 10.6 Å². The molecule has 2 aromatic rings. The van der Waals surface area contributed by atoms with Gasteiger partial charge in [0, 0.05) is 24.3 Å². The number of hydrogen-bond acceptors (Lipinski definition) is 8. The Hall–Kier alpha value is -4.52. The van der Waals surface area contributed by atoms with Crippen LogP contribution in [0.4, 0.5) is 14.9 Å². The van der Waals surface area contributed by atoms with Gasteiger partial charge in [-0.05, 0) is 58.4 Å². The number of carbonyl (C=O) groups is 5. The molecule has 2 N–H and O–H groups in total. The van der Waals surface area contributed by atoms with Gasteiger partial charge >= 0.3 is 18.0 Å². The molecule has 0 aliphatic carbocycles. The van der Waals surface area contributed by atoms with Crippen molar-refractivity contribution in [1.82, 2.24) is 15.1 Å². The van der Waals surface area contributed by atoms with Crippen LogP contribution in [0.25, 0.3) is 0 Å². The van der Waals surface area contributed by atoms with Gasteiger partial charge in [0.15, 0.2) is 0 Å². The van der Waals surface area contributed by atoms with Gasteiger partial charge in [0.05, 0.1) is 43.9 Å². The maximum absolute atomic E-state index is 15.3. The van der Waals surface area contributed by atoms with Crippen molar-refractivity contribution in [3.05, 3.63) is 65.5 Å². The average Bonchev–Trinajstić information content (AvgIpc) is 3.40. The van der Waals surface area contributed by atoms with Crippen LogP contribution in [0.2, 0.25) is 0 Å². The van der Waals surface area contributed by atoms with Crippen molar-refractivity contribution in [2.45, 2.75) is 51.8 Å². The summed E-state index contributed by atoms with van der Waals surface area (Å²) in [7, 11) is 0. The third-order valence-electron chi connectivity index (χ3n) is 7.36. The number of nitrogens with one attached hydrogen (secondary N) is 2. The molecule has 0 aromatic heterocycles. The molecular weight excluding hydrogens is 587 g/mol. The number of anilines is 1. The SMILES string of the molecule is CCOC(=O)c1cccc(NC(=O)NCC(=O)N2C(C(=O)OC(C)(C)C)CC(C(=O)N3CCOCC3)C2c2ccccc2F)c1. The van der Waals surface area contributed by atoms with Crippen LogP contribution < -0.4 is 10.6 Å². The molecule has 2 fully saturated rings. The number of likely N-dealkylation sites (tertiary alicyclic amines) is 1. The van der Waals surface area contributed by atoms with E-state index in [4.69, 9.17) is 14.2 Å². The maximum atomic E-state index is 15.3. The van der Waals surface area contributed by atoms with Gasteiger partial charge in [0.25, 0.3) is 0 Å². The number of rotatable bonds is 8. The summed E-state index contributed by atoms with van der Waals surface area (Å²) in [6, 6.07) is 8.74. The molecule has 4 rings (SSSR count). The van der Waals surface area contributed by atoms with Crippen molar-refractivity contribution in [2.75, 3.05) is 44.8 Å². The number of hydrogen-bond donors (Lipinski definition) is 2. The van der Waals surface area contributed by atoms with E-state index in [-0.39, 0.29) is 35.7 Å². The lowest BCUT2D eigenvalue weighted by Gasteiger charge is -2.34. The molecule has 242 valence electrons. The summed E-state index contributed by atoms with van der Waals surface area (Å²) in [6.07, 6.45) is -0.0946. The van der Waals surface area contributed by atoms with Crippen molar-refractivity contribution >= 4 is 35.5 Å². The highest BCUT2D eigenvalue weighted by Gasteiger charge is 2.53. The molecule has 45 heavy (non-hydrogen) atoms. The van der Waals surface area contributed by atoms with Gasteiger partial charge in [-0.2, -0.15) is 0 Å². The van der Waals surface area contributed by atoms with Crippen LogP contribution in [0.15, 0.2) is 48.5 Å². The number of esters is 2. The highest BCUT2D eigenvalue weighted by Crippen LogP contribution is 2.44. The number of benzene rings is 2. The Labute approximate surface area is 261 Å². The minimum atomic E-state index is -1.22. The van der Waals surface area contributed by atoms with E-state index >= 15 is 4.39 Å². The standard InChI is InChI=1S/C32H39FN4O8/c1-5-44-29(40)20-9-8-10-21(17-20)35-31(42)34-19-26(38)37-25(30(41)45-32(2,3)4)18-23(28(39)36-13-15-43-16-14-36)27(37)22-11-6-7-12-24(22)33/h6-12,17,23,25,27H,5,13-16,18-19H2,1-4H3,(H2,34,35,42). The van der Waals surface area contributed by atoms with Gasteiger partial charge in [0.1, 0.15) is 17.5 Å². The number of carbonyl (C=O) groups excluding carboxylic acids is 5. The van der Waals surface area contributed by atoms with Gasteiger partial charge in [-0.3, -0.25) is 9.59 Å². The fourth-order valence-electron chi connectivity index (χ4n) is 5.48. The predicted molar refractivity (Wildman–Crippen MR) is 161 cm³/mol. The monoisotopic (exact) mass is 626 g/mol. The smallest absolute Gasteiger partial charge is 0.338 e. The molecule has 2 aliphatic rings. The molecule has 2 aromatic carbocycles. The lowest BCUT2D eigenvalue weighted by molar-refractivity contribution is -0.164. The Kier molecular flexibility index (Phi) is 10.8. The summed E-state index contributed by atoms with van der Waals surface area (Å²) in [6.45, 7) is 7.64. The highest BCUT2D eigenvalue weighted by atomic mass is 19.1. The third-order valence-corrected chi connectivity index (χ3v) is 7.36. The van der Waals surface area contributed by atoms with Crippen LogP contribution in [0, 0.1) is 11.7 Å². The van der Waals surface area contributed by atoms with Crippen molar-refractivity contribution in [1.29, 1.82) is 0 Å². The molecule has 12 nitrogen and oxygen atoms in total. The lowest BCUT2D eigenvalue weighted by Crippen LogP contribution is -2.49. The minimum Gasteiger partial charge on any atom is -0.462 e. The molecule has 3 atom stereocenters. The second-order valence-corrected chi connectivity index (χ2v) is 11.7. The number of amides is 4. The number of ether oxygens (including phenoxy) is 3. The summed E-state index contributed by atoms with van der Waals surface area (Å²) in [5.74, 6) is -3.94. The van der Waals surface area contributed by atoms with Crippen molar-refractivity contribution in [3.63, 3.8) is 0 Å². The van der Waals surface area contributed by atoms with E-state index in [0.717, 1.165) is 4.90 Å². The molecule has 4 amide bonds. The first kappa shape index (κ1) is 33.4. The fourth-order valence-corrected chi connectivity index (χ4v) is 5.48. The minimum absolute atomic E-state index is 0.0729. The van der Waals surface area contributed by atoms with Gasteiger partial charge in [-0.25, -0.2) is 18.8 Å². The van der Waals surface area contributed by atoms with E-state index in [9.17, 15) is 24.0 Å². The van der Waals surface area contributed by atoms with Crippen LogP contribution >= 0.6 is 0 Å². The van der Waals surface area contributed by atoms with Crippen molar-refractivity contribution in [2.24, 2.45) is 5.92 Å². The Morgan fingerprint density at radius 1 is 1.02 bits per heavy atom. The van der Waals surface area contributed by atoms with Crippen molar-refractivity contribution in [3.8, 4) is 0 Å². The summed E-state index contributed by atoms with van der Waals surface area (Å²) in [5, 5.41) is 5.03. The van der Waals surface area contributed by atoms with Crippen LogP contribution in [-0.2, 0) is 28.6 Å². The second-order valence-electron chi connectivity index (χ2n) is 11.7. The first-order chi connectivity index (χ1) is 21.4. The Bertz CT molecular complexity index is 1420. The molecule has 2 aliphatic heterocycles. The van der Waals surface area contributed by atoms with Crippen LogP contribution in [0.3, 0.4) is 0 Å². The summed E-state index contributed by atoms with van der Waals surface area (Å²) in [5.41, 5.74) is -0.323. The average molecular weight is 627 g/mol. The molecule has 0 radical (unpaired) electrons. The Morgan fingerprint density at radius 3 is 2.40 bits per heavy atom. The van der Waals surface area contributed by atoms with E-state index in [1.807, 2.05) is 0 Å². The first-order valence-corrected chi connectivity index (χ1v) is 14.9. The quantitative estimate of drug-likeness (QED) is 0.425. The molecule has 0 bridgehead atoms. The highest BCUT2D eigenvalue weighted by molar-refractivity contribution is 5.96. The molecule has 3 unspecified atom stereocenters. The lowest BCUT2D eigenvalue weighted by atomic mass is 9.91. The van der Waals surface area contributed by atoms with E-state index in [0.29, 0.717) is 26.3 Å². The van der Waals surface area contributed by atoms with Gasteiger partial charge in [-0.1, -0.05) is 24.3 Å². The molecule has 0 saturated carbocycles. The van der Waals surface area contributed by atoms with E-state index < -0.39 is 59.8 Å². The van der Waals surface area contributed by atoms with Crippen LogP contribution in [0.1, 0.15) is 56.1 Å². The van der Waals surface area contributed by atoms with Gasteiger partial charge in [0.2, 0.25) is 11.8 Å². The topological polar surface area (TPSA) is 144 Å². The van der Waals surface area contributed by atoms with E-state index in [1.54, 1.807) is 50.8 Å². The largest absolute Gasteiger partial charge is 0.462 e. The van der Waals surface area contributed by atoms with E-state index in [1.165, 1.54) is 30.3 Å². The molecule has 2 heterocycles. The number of urea groups is 1. The molecule has 13 heteroatoms. The second kappa shape index (κ2) is 14.5. The first-order valence-electron chi connectivity index (χ1n) is 14.9. The summed E-state index contributed by atoms with van der Waals surface area (Å²) < 4.78 is 31.3. The zero-order valence-corrected chi connectivity index (χ0v) is 25.8. The zero-order valence-electron chi connectivity index (χ0n) is 25.8. The number of morpholine rings is 1. The fraction of sp³-hybridized carbons (Fsp3) is 0.469. The zero-order chi connectivity index (χ0) is 32.7. The van der Waals surface area contributed by atoms with Gasteiger partial charge < -0.3 is 34.6 Å². The van der Waals surface area contributed by atoms with Crippen LogP contribution in [0.5, 0.6) is 0 Å². The molecule has 2 saturated heterocycles. The predicted octanol–water partition coefficient (Wildman–Crippen LogP) is 3.28. The number of nitrogens with zero attached hydrogens (tertiary/aromatic N) is 2. The third kappa shape index (κ3) is 8.35. The van der Waals surface area contributed by atoms with Crippen molar-refractivity contribution < 1.29 is 42.6 Å². The Morgan fingerprint density at radius 2 is 1.73 bits per heavy atom. The molecule has 0 spiro atoms. The number of halogens is 1. The van der Waals surface area contributed by atoms with Crippen LogP contribution in [-0.4, -0.2) is 90.7 Å². The maximum Gasteiger partial charge on any atom is 0.338 e. The Balaban J connectivity index is 1.60.